The summed E-state index contributed by atoms with van der Waals surface area (Å²) in [5, 5.41) is 19.9. The number of hydrogen-bond acceptors (Lipinski definition) is 5. The van der Waals surface area contributed by atoms with Crippen molar-refractivity contribution in [3.05, 3.63) is 33.9 Å². The minimum absolute atomic E-state index is 0.0828. The molecule has 1 rings (SSSR count). The third kappa shape index (κ3) is 3.75. The van der Waals surface area contributed by atoms with Crippen molar-refractivity contribution in [2.24, 2.45) is 0 Å². The molecule has 0 radical (unpaired) electrons. The van der Waals surface area contributed by atoms with Gasteiger partial charge >= 0.3 is 5.97 Å². The van der Waals surface area contributed by atoms with Crippen LogP contribution < -0.4 is 0 Å². The first-order valence-corrected chi connectivity index (χ1v) is 5.16. The zero-order valence-corrected chi connectivity index (χ0v) is 9.38. The van der Waals surface area contributed by atoms with Crippen molar-refractivity contribution in [3.8, 4) is 5.75 Å². The van der Waals surface area contributed by atoms with E-state index in [1.165, 1.54) is 12.1 Å². The molecule has 0 fully saturated rings. The summed E-state index contributed by atoms with van der Waals surface area (Å²) in [6.07, 6.45) is 0.300. The summed E-state index contributed by atoms with van der Waals surface area (Å²) < 4.78 is 4.73. The number of nitro benzene ring substituents is 1. The van der Waals surface area contributed by atoms with Crippen LogP contribution in [-0.2, 0) is 16.0 Å². The van der Waals surface area contributed by atoms with Crippen LogP contribution in [0.2, 0.25) is 0 Å². The van der Waals surface area contributed by atoms with Crippen molar-refractivity contribution in [2.45, 2.75) is 19.8 Å². The van der Waals surface area contributed by atoms with E-state index in [4.69, 9.17) is 9.84 Å². The van der Waals surface area contributed by atoms with E-state index in [1.54, 1.807) is 6.92 Å². The molecule has 0 amide bonds. The van der Waals surface area contributed by atoms with Gasteiger partial charge < -0.3 is 9.84 Å². The van der Waals surface area contributed by atoms with E-state index < -0.39 is 10.9 Å². The van der Waals surface area contributed by atoms with Gasteiger partial charge in [-0.25, -0.2) is 0 Å². The summed E-state index contributed by atoms with van der Waals surface area (Å²) in [6, 6.07) is 3.86. The molecule has 0 atom stereocenters. The summed E-state index contributed by atoms with van der Waals surface area (Å²) in [7, 11) is 0. The molecule has 0 saturated heterocycles. The van der Waals surface area contributed by atoms with Gasteiger partial charge in [-0.15, -0.1) is 0 Å². The van der Waals surface area contributed by atoms with Gasteiger partial charge in [0.2, 0.25) is 0 Å². The number of phenols is 1. The Morgan fingerprint density at radius 3 is 2.82 bits per heavy atom. The number of benzene rings is 1. The predicted octanol–water partition coefficient (Wildman–Crippen LogP) is 1.80. The SMILES string of the molecule is CCOC(=O)CCc1ccc(O)cc1[N+](=O)[O-]. The standard InChI is InChI=1S/C11H13NO5/c1-2-17-11(14)6-4-8-3-5-9(13)7-10(8)12(15)16/h3,5,7,13H,2,4,6H2,1H3. The van der Waals surface area contributed by atoms with Crippen LogP contribution in [0, 0.1) is 10.1 Å². The Kier molecular flexibility index (Phi) is 4.45. The quantitative estimate of drug-likeness (QED) is 0.480. The summed E-state index contributed by atoms with van der Waals surface area (Å²) in [5.74, 6) is -0.563. The van der Waals surface area contributed by atoms with Gasteiger partial charge in [0.25, 0.3) is 5.69 Å². The Morgan fingerprint density at radius 2 is 2.24 bits per heavy atom. The maximum atomic E-state index is 11.1. The van der Waals surface area contributed by atoms with Crippen molar-refractivity contribution in [2.75, 3.05) is 6.61 Å². The fourth-order valence-corrected chi connectivity index (χ4v) is 1.40. The number of nitrogens with zero attached hydrogens (tertiary/aromatic N) is 1. The number of ether oxygens (including phenoxy) is 1. The first kappa shape index (κ1) is 13.0. The predicted molar refractivity (Wildman–Crippen MR) is 59.7 cm³/mol. The molecule has 6 heteroatoms. The maximum absolute atomic E-state index is 11.1. The van der Waals surface area contributed by atoms with Gasteiger partial charge in [0.1, 0.15) is 5.75 Å². The van der Waals surface area contributed by atoms with E-state index in [1.807, 2.05) is 0 Å². The van der Waals surface area contributed by atoms with Gasteiger partial charge in [0.05, 0.1) is 17.6 Å². The molecule has 0 aliphatic heterocycles. The lowest BCUT2D eigenvalue weighted by Crippen LogP contribution is -2.06. The zero-order chi connectivity index (χ0) is 12.8. The maximum Gasteiger partial charge on any atom is 0.306 e. The first-order chi connectivity index (χ1) is 8.04. The molecule has 0 aliphatic carbocycles. The second kappa shape index (κ2) is 5.83. The molecule has 17 heavy (non-hydrogen) atoms. The van der Waals surface area contributed by atoms with Crippen molar-refractivity contribution < 1.29 is 19.6 Å². The number of phenolic OH excluding ortho intramolecular Hbond substituents is 1. The summed E-state index contributed by atoms with van der Waals surface area (Å²) >= 11 is 0. The molecule has 1 N–H and O–H groups in total. The smallest absolute Gasteiger partial charge is 0.306 e. The molecule has 0 heterocycles. The Bertz CT molecular complexity index is 430. The topological polar surface area (TPSA) is 89.7 Å². The number of aryl methyl sites for hydroxylation is 1. The van der Waals surface area contributed by atoms with E-state index in [2.05, 4.69) is 0 Å². The van der Waals surface area contributed by atoms with Gasteiger partial charge in [0, 0.05) is 12.0 Å². The molecule has 92 valence electrons. The highest BCUT2D eigenvalue weighted by Gasteiger charge is 2.15. The van der Waals surface area contributed by atoms with Gasteiger partial charge in [-0.2, -0.15) is 0 Å². The first-order valence-electron chi connectivity index (χ1n) is 5.16. The van der Waals surface area contributed by atoms with E-state index in [0.29, 0.717) is 5.56 Å². The zero-order valence-electron chi connectivity index (χ0n) is 9.38. The van der Waals surface area contributed by atoms with Crippen LogP contribution in [0.1, 0.15) is 18.9 Å². The van der Waals surface area contributed by atoms with Crippen LogP contribution in [-0.4, -0.2) is 22.6 Å². The van der Waals surface area contributed by atoms with Crippen LogP contribution in [0.5, 0.6) is 5.75 Å². The Morgan fingerprint density at radius 1 is 1.53 bits per heavy atom. The average molecular weight is 239 g/mol. The van der Waals surface area contributed by atoms with Crippen LogP contribution in [0.4, 0.5) is 5.69 Å². The molecule has 0 aromatic heterocycles. The minimum Gasteiger partial charge on any atom is -0.508 e. The van der Waals surface area contributed by atoms with Crippen LogP contribution in [0.15, 0.2) is 18.2 Å². The molecule has 1 aromatic rings. The molecule has 6 nitrogen and oxygen atoms in total. The van der Waals surface area contributed by atoms with E-state index in [0.717, 1.165) is 6.07 Å². The summed E-state index contributed by atoms with van der Waals surface area (Å²) in [6.45, 7) is 1.98. The highest BCUT2D eigenvalue weighted by Crippen LogP contribution is 2.24. The van der Waals surface area contributed by atoms with Crippen LogP contribution in [0.25, 0.3) is 0 Å². The number of aromatic hydroxyl groups is 1. The van der Waals surface area contributed by atoms with Gasteiger partial charge in [-0.1, -0.05) is 0 Å². The molecule has 0 saturated carbocycles. The van der Waals surface area contributed by atoms with Crippen molar-refractivity contribution in [1.82, 2.24) is 0 Å². The van der Waals surface area contributed by atoms with Gasteiger partial charge in [-0.05, 0) is 25.5 Å². The number of hydrogen-bond donors (Lipinski definition) is 1. The lowest BCUT2D eigenvalue weighted by molar-refractivity contribution is -0.385. The van der Waals surface area contributed by atoms with Crippen molar-refractivity contribution >= 4 is 11.7 Å². The monoisotopic (exact) mass is 239 g/mol. The second-order valence-electron chi connectivity index (χ2n) is 3.38. The lowest BCUT2D eigenvalue weighted by Gasteiger charge is -2.03. The largest absolute Gasteiger partial charge is 0.508 e. The fraction of sp³-hybridized carbons (Fsp3) is 0.364. The minimum atomic E-state index is -0.583. The number of rotatable bonds is 5. The molecule has 1 aromatic carbocycles. The molecule has 0 spiro atoms. The highest BCUT2D eigenvalue weighted by atomic mass is 16.6. The average Bonchev–Trinajstić information content (AvgIpc) is 2.27. The Balaban J connectivity index is 2.77. The van der Waals surface area contributed by atoms with Gasteiger partial charge in [0.15, 0.2) is 0 Å². The molecule has 0 unspecified atom stereocenters. The highest BCUT2D eigenvalue weighted by molar-refractivity contribution is 5.70. The Labute approximate surface area is 98.0 Å². The summed E-state index contributed by atoms with van der Waals surface area (Å²) in [4.78, 5) is 21.3. The normalized spacial score (nSPS) is 9.94. The lowest BCUT2D eigenvalue weighted by atomic mass is 10.1. The molecule has 0 aliphatic rings. The van der Waals surface area contributed by atoms with E-state index >= 15 is 0 Å². The third-order valence-corrected chi connectivity index (χ3v) is 2.17. The third-order valence-electron chi connectivity index (χ3n) is 2.17. The number of nitro groups is 1. The number of carbonyl (C=O) groups excluding carboxylic acids is 1. The van der Waals surface area contributed by atoms with Crippen molar-refractivity contribution in [3.63, 3.8) is 0 Å². The van der Waals surface area contributed by atoms with Gasteiger partial charge in [-0.3, -0.25) is 14.9 Å². The Hall–Kier alpha value is -2.11. The molecular weight excluding hydrogens is 226 g/mol. The van der Waals surface area contributed by atoms with Crippen LogP contribution >= 0.6 is 0 Å². The fourth-order valence-electron chi connectivity index (χ4n) is 1.40. The second-order valence-corrected chi connectivity index (χ2v) is 3.38. The number of carbonyl (C=O) groups is 1. The molecule has 0 bridgehead atoms. The number of esters is 1. The van der Waals surface area contributed by atoms with Crippen LogP contribution in [0.3, 0.4) is 0 Å². The van der Waals surface area contributed by atoms with E-state index in [9.17, 15) is 14.9 Å². The summed E-state index contributed by atoms with van der Waals surface area (Å²) in [5.41, 5.74) is 0.218. The van der Waals surface area contributed by atoms with Crippen molar-refractivity contribution in [1.29, 1.82) is 0 Å². The van der Waals surface area contributed by atoms with E-state index in [-0.39, 0.29) is 30.9 Å². The molecular formula is C11H13NO5.